The van der Waals surface area contributed by atoms with E-state index in [4.69, 9.17) is 4.74 Å². The largest absolute Gasteiger partial charge is 0.497 e. The monoisotopic (exact) mass is 386 g/mol. The molecule has 0 spiro atoms. The number of hydrogen-bond donors (Lipinski definition) is 1. The van der Waals surface area contributed by atoms with Crippen LogP contribution in [0.15, 0.2) is 72.8 Å². The number of nitrogens with zero attached hydrogens (tertiary/aromatic N) is 1. The normalized spacial score (nSPS) is 12.9. The highest BCUT2D eigenvalue weighted by atomic mass is 16.5. The minimum atomic E-state index is -0.0764. The lowest BCUT2D eigenvalue weighted by Gasteiger charge is -2.30. The van der Waals surface area contributed by atoms with Gasteiger partial charge in [-0.1, -0.05) is 42.5 Å². The molecule has 148 valence electrons. The lowest BCUT2D eigenvalue weighted by Crippen LogP contribution is -2.30. The Labute approximate surface area is 172 Å². The molecule has 4 nitrogen and oxygen atoms in total. The second kappa shape index (κ2) is 8.82. The van der Waals surface area contributed by atoms with Crippen LogP contribution in [0.4, 0.5) is 5.69 Å². The van der Waals surface area contributed by atoms with Gasteiger partial charge in [0.2, 0.25) is 0 Å². The number of benzene rings is 3. The number of anilines is 1. The van der Waals surface area contributed by atoms with Crippen molar-refractivity contribution in [3.63, 3.8) is 0 Å². The van der Waals surface area contributed by atoms with Crippen LogP contribution >= 0.6 is 0 Å². The van der Waals surface area contributed by atoms with Gasteiger partial charge in [-0.2, -0.15) is 0 Å². The Morgan fingerprint density at radius 3 is 2.59 bits per heavy atom. The van der Waals surface area contributed by atoms with Gasteiger partial charge in [0.15, 0.2) is 0 Å². The minimum Gasteiger partial charge on any atom is -0.497 e. The van der Waals surface area contributed by atoms with Crippen LogP contribution in [0.3, 0.4) is 0 Å². The van der Waals surface area contributed by atoms with Crippen molar-refractivity contribution in [1.29, 1.82) is 0 Å². The smallest absolute Gasteiger partial charge is 0.251 e. The summed E-state index contributed by atoms with van der Waals surface area (Å²) in [6.45, 7) is 2.62. The van der Waals surface area contributed by atoms with Gasteiger partial charge in [-0.3, -0.25) is 4.79 Å². The standard InChI is InChI=1S/C25H26N2O2/c1-29-24-8-4-7-21(17-24)25(28)26-15-13-19-9-11-23(12-10-19)27-16-14-20-5-2-3-6-22(20)18-27/h2-12,17H,13-16,18H2,1H3,(H,26,28). The molecule has 0 radical (unpaired) electrons. The van der Waals surface area contributed by atoms with E-state index >= 15 is 0 Å². The number of fused-ring (bicyclic) bond motifs is 1. The first kappa shape index (κ1) is 19.1. The quantitative estimate of drug-likeness (QED) is 0.689. The second-order valence-corrected chi connectivity index (χ2v) is 7.34. The number of methoxy groups -OCH3 is 1. The number of amides is 1. The first-order chi connectivity index (χ1) is 14.2. The highest BCUT2D eigenvalue weighted by Gasteiger charge is 2.15. The van der Waals surface area contributed by atoms with Crippen molar-refractivity contribution >= 4 is 11.6 Å². The number of nitrogens with one attached hydrogen (secondary N) is 1. The van der Waals surface area contributed by atoms with Crippen LogP contribution in [0.1, 0.15) is 27.0 Å². The van der Waals surface area contributed by atoms with Crippen molar-refractivity contribution in [2.45, 2.75) is 19.4 Å². The lowest BCUT2D eigenvalue weighted by atomic mass is 9.99. The summed E-state index contributed by atoms with van der Waals surface area (Å²) in [6, 6.07) is 24.6. The van der Waals surface area contributed by atoms with Crippen LogP contribution < -0.4 is 15.0 Å². The molecule has 0 unspecified atom stereocenters. The minimum absolute atomic E-state index is 0.0764. The first-order valence-electron chi connectivity index (χ1n) is 10.1. The van der Waals surface area contributed by atoms with Gasteiger partial charge in [0, 0.05) is 30.9 Å². The molecule has 1 aliphatic rings. The van der Waals surface area contributed by atoms with E-state index in [0.29, 0.717) is 17.9 Å². The van der Waals surface area contributed by atoms with Crippen LogP contribution in [-0.2, 0) is 19.4 Å². The average molecular weight is 386 g/mol. The Morgan fingerprint density at radius 1 is 1.00 bits per heavy atom. The van der Waals surface area contributed by atoms with Crippen LogP contribution in [0.2, 0.25) is 0 Å². The summed E-state index contributed by atoms with van der Waals surface area (Å²) in [5, 5.41) is 2.98. The summed E-state index contributed by atoms with van der Waals surface area (Å²) in [6.07, 6.45) is 1.90. The number of carbonyl (C=O) groups is 1. The number of rotatable bonds is 6. The van der Waals surface area contributed by atoms with Crippen molar-refractivity contribution in [3.8, 4) is 5.75 Å². The predicted molar refractivity (Wildman–Crippen MR) is 117 cm³/mol. The SMILES string of the molecule is COc1cccc(C(=O)NCCc2ccc(N3CCc4ccccc4C3)cc2)c1. The van der Waals surface area contributed by atoms with E-state index in [1.807, 2.05) is 12.1 Å². The van der Waals surface area contributed by atoms with Gasteiger partial charge in [-0.05, 0) is 59.9 Å². The number of hydrogen-bond acceptors (Lipinski definition) is 3. The molecule has 0 aliphatic carbocycles. The van der Waals surface area contributed by atoms with E-state index in [-0.39, 0.29) is 5.91 Å². The van der Waals surface area contributed by atoms with Crippen molar-refractivity contribution in [3.05, 3.63) is 95.1 Å². The van der Waals surface area contributed by atoms with Crippen LogP contribution in [0, 0.1) is 0 Å². The molecule has 0 atom stereocenters. The fourth-order valence-electron chi connectivity index (χ4n) is 3.78. The van der Waals surface area contributed by atoms with Gasteiger partial charge in [-0.25, -0.2) is 0 Å². The summed E-state index contributed by atoms with van der Waals surface area (Å²) in [5.74, 6) is 0.612. The maximum atomic E-state index is 12.3. The Kier molecular flexibility index (Phi) is 5.80. The molecule has 4 rings (SSSR count). The third-order valence-electron chi connectivity index (χ3n) is 5.46. The fraction of sp³-hybridized carbons (Fsp3) is 0.240. The maximum Gasteiger partial charge on any atom is 0.251 e. The van der Waals surface area contributed by atoms with Gasteiger partial charge in [0.1, 0.15) is 5.75 Å². The first-order valence-corrected chi connectivity index (χ1v) is 10.1. The summed E-state index contributed by atoms with van der Waals surface area (Å²) < 4.78 is 5.18. The van der Waals surface area contributed by atoms with Crippen molar-refractivity contribution in [2.75, 3.05) is 25.1 Å². The molecule has 0 saturated carbocycles. The molecule has 0 fully saturated rings. The second-order valence-electron chi connectivity index (χ2n) is 7.34. The summed E-state index contributed by atoms with van der Waals surface area (Å²) in [5.41, 5.74) is 5.97. The van der Waals surface area contributed by atoms with Crippen LogP contribution in [-0.4, -0.2) is 26.1 Å². The topological polar surface area (TPSA) is 41.6 Å². The van der Waals surface area contributed by atoms with Crippen molar-refractivity contribution < 1.29 is 9.53 Å². The van der Waals surface area contributed by atoms with Gasteiger partial charge in [0.25, 0.3) is 5.91 Å². The zero-order valence-corrected chi connectivity index (χ0v) is 16.7. The molecule has 1 heterocycles. The number of ether oxygens (including phenoxy) is 1. The zero-order valence-electron chi connectivity index (χ0n) is 16.7. The predicted octanol–water partition coefficient (Wildman–Crippen LogP) is 4.23. The molecular formula is C25H26N2O2. The molecule has 1 aliphatic heterocycles. The third-order valence-corrected chi connectivity index (χ3v) is 5.46. The molecule has 0 aromatic heterocycles. The summed E-state index contributed by atoms with van der Waals surface area (Å²) >= 11 is 0. The molecule has 3 aromatic rings. The molecule has 1 amide bonds. The van der Waals surface area contributed by atoms with Crippen LogP contribution in [0.25, 0.3) is 0 Å². The summed E-state index contributed by atoms with van der Waals surface area (Å²) in [7, 11) is 1.60. The molecule has 1 N–H and O–H groups in total. The van der Waals surface area contributed by atoms with Crippen molar-refractivity contribution in [2.24, 2.45) is 0 Å². The van der Waals surface area contributed by atoms with E-state index in [2.05, 4.69) is 58.7 Å². The van der Waals surface area contributed by atoms with Crippen LogP contribution in [0.5, 0.6) is 5.75 Å². The van der Waals surface area contributed by atoms with Gasteiger partial charge in [0.05, 0.1) is 7.11 Å². The van der Waals surface area contributed by atoms with Gasteiger partial charge >= 0.3 is 0 Å². The van der Waals surface area contributed by atoms with E-state index in [1.54, 1.807) is 19.2 Å². The molecule has 3 aromatic carbocycles. The van der Waals surface area contributed by atoms with Crippen molar-refractivity contribution in [1.82, 2.24) is 5.32 Å². The van der Waals surface area contributed by atoms with Gasteiger partial charge in [-0.15, -0.1) is 0 Å². The molecule has 0 bridgehead atoms. The average Bonchev–Trinajstić information content (AvgIpc) is 2.79. The molecular weight excluding hydrogens is 360 g/mol. The Hall–Kier alpha value is -3.27. The molecule has 4 heteroatoms. The molecule has 0 saturated heterocycles. The highest BCUT2D eigenvalue weighted by Crippen LogP contribution is 2.24. The van der Waals surface area contributed by atoms with E-state index < -0.39 is 0 Å². The maximum absolute atomic E-state index is 12.3. The molecule has 29 heavy (non-hydrogen) atoms. The Morgan fingerprint density at radius 2 is 1.79 bits per heavy atom. The van der Waals surface area contributed by atoms with E-state index in [9.17, 15) is 4.79 Å². The zero-order chi connectivity index (χ0) is 20.1. The third kappa shape index (κ3) is 4.60. The fourth-order valence-corrected chi connectivity index (χ4v) is 3.78. The highest BCUT2D eigenvalue weighted by molar-refractivity contribution is 5.94. The summed E-state index contributed by atoms with van der Waals surface area (Å²) in [4.78, 5) is 14.7. The lowest BCUT2D eigenvalue weighted by molar-refractivity contribution is 0.0954. The Balaban J connectivity index is 1.30. The van der Waals surface area contributed by atoms with E-state index in [1.165, 1.54) is 22.4 Å². The number of carbonyl (C=O) groups excluding carboxylic acids is 1. The van der Waals surface area contributed by atoms with E-state index in [0.717, 1.165) is 25.9 Å². The Bertz CT molecular complexity index is 982. The van der Waals surface area contributed by atoms with Gasteiger partial charge < -0.3 is 15.0 Å².